The summed E-state index contributed by atoms with van der Waals surface area (Å²) in [5, 5.41) is 3.46. The lowest BCUT2D eigenvalue weighted by Gasteiger charge is -2.21. The molecule has 2 saturated carbocycles. The third kappa shape index (κ3) is 1.48. The first-order chi connectivity index (χ1) is 7.21. The van der Waals surface area contributed by atoms with Gasteiger partial charge in [-0.2, -0.15) is 0 Å². The molecule has 0 aromatic carbocycles. The largest absolute Gasteiger partial charge is 0.328 e. The van der Waals surface area contributed by atoms with Gasteiger partial charge in [-0.1, -0.05) is 19.8 Å². The summed E-state index contributed by atoms with van der Waals surface area (Å²) in [5.74, 6) is 2.02. The average Bonchev–Trinajstić information content (AvgIpc) is 2.68. The quantitative estimate of drug-likeness (QED) is 0.743. The lowest BCUT2D eigenvalue weighted by molar-refractivity contribution is -0.132. The molecule has 1 spiro atoms. The van der Waals surface area contributed by atoms with Gasteiger partial charge in [0, 0.05) is 6.54 Å². The fourth-order valence-electron chi connectivity index (χ4n) is 3.15. The smallest absolute Gasteiger partial charge is 0.243 e. The molecular formula is C12H20N2O. The van der Waals surface area contributed by atoms with Crippen molar-refractivity contribution in [1.29, 1.82) is 0 Å². The maximum atomic E-state index is 12.3. The van der Waals surface area contributed by atoms with Crippen LogP contribution in [0.25, 0.3) is 0 Å². The summed E-state index contributed by atoms with van der Waals surface area (Å²) >= 11 is 0. The van der Waals surface area contributed by atoms with Gasteiger partial charge in [-0.25, -0.2) is 0 Å². The number of hydrogen-bond donors (Lipinski definition) is 1. The Labute approximate surface area is 91.2 Å². The Morgan fingerprint density at radius 3 is 2.73 bits per heavy atom. The van der Waals surface area contributed by atoms with Crippen LogP contribution in [0.3, 0.4) is 0 Å². The fourth-order valence-corrected chi connectivity index (χ4v) is 3.15. The van der Waals surface area contributed by atoms with Crippen LogP contribution in [0.4, 0.5) is 0 Å². The molecule has 0 bridgehead atoms. The molecule has 1 aliphatic heterocycles. The average molecular weight is 208 g/mol. The van der Waals surface area contributed by atoms with Crippen LogP contribution in [0, 0.1) is 11.8 Å². The Morgan fingerprint density at radius 1 is 1.47 bits per heavy atom. The number of nitrogens with zero attached hydrogens (tertiary/aromatic N) is 1. The van der Waals surface area contributed by atoms with E-state index in [0.29, 0.717) is 5.91 Å². The highest BCUT2D eigenvalue weighted by Gasteiger charge is 2.49. The van der Waals surface area contributed by atoms with Crippen molar-refractivity contribution in [3.63, 3.8) is 0 Å². The lowest BCUT2D eigenvalue weighted by Crippen LogP contribution is -2.44. The molecule has 1 N–H and O–H groups in total. The van der Waals surface area contributed by atoms with E-state index in [1.165, 1.54) is 19.3 Å². The Morgan fingerprint density at radius 2 is 2.13 bits per heavy atom. The van der Waals surface area contributed by atoms with Gasteiger partial charge in [0.25, 0.3) is 0 Å². The van der Waals surface area contributed by atoms with Crippen LogP contribution in [-0.4, -0.2) is 29.6 Å². The van der Waals surface area contributed by atoms with E-state index < -0.39 is 0 Å². The molecule has 2 unspecified atom stereocenters. The van der Waals surface area contributed by atoms with Crippen LogP contribution >= 0.6 is 0 Å². The van der Waals surface area contributed by atoms with Crippen molar-refractivity contribution in [2.75, 3.05) is 13.2 Å². The van der Waals surface area contributed by atoms with Gasteiger partial charge in [-0.15, -0.1) is 0 Å². The molecule has 1 heterocycles. The molecule has 0 radical (unpaired) electrons. The number of carbonyl (C=O) groups excluding carboxylic acids is 1. The summed E-state index contributed by atoms with van der Waals surface area (Å²) in [7, 11) is 0. The molecule has 2 atom stereocenters. The molecule has 1 saturated heterocycles. The van der Waals surface area contributed by atoms with Crippen molar-refractivity contribution < 1.29 is 4.79 Å². The summed E-state index contributed by atoms with van der Waals surface area (Å²) in [6, 6.07) is 0. The Kier molecular flexibility index (Phi) is 2.06. The minimum absolute atomic E-state index is 0.141. The second kappa shape index (κ2) is 3.21. The van der Waals surface area contributed by atoms with Crippen LogP contribution in [0.5, 0.6) is 0 Å². The number of amides is 1. The van der Waals surface area contributed by atoms with Gasteiger partial charge in [-0.05, 0) is 31.1 Å². The fraction of sp³-hybridized carbons (Fsp3) is 0.917. The zero-order valence-electron chi connectivity index (χ0n) is 9.46. The molecule has 3 heteroatoms. The van der Waals surface area contributed by atoms with E-state index in [1.54, 1.807) is 0 Å². The van der Waals surface area contributed by atoms with Gasteiger partial charge in [0.15, 0.2) is 0 Å². The number of carbonyl (C=O) groups is 1. The van der Waals surface area contributed by atoms with E-state index >= 15 is 0 Å². The molecule has 84 valence electrons. The molecule has 2 aliphatic carbocycles. The molecule has 3 aliphatic rings. The van der Waals surface area contributed by atoms with Crippen LogP contribution < -0.4 is 5.32 Å². The zero-order chi connectivity index (χ0) is 10.5. The summed E-state index contributed by atoms with van der Waals surface area (Å²) in [5.41, 5.74) is -0.141. The third-order valence-electron chi connectivity index (χ3n) is 4.49. The first-order valence-corrected chi connectivity index (χ1v) is 6.26. The van der Waals surface area contributed by atoms with Crippen molar-refractivity contribution in [3.05, 3.63) is 0 Å². The molecular weight excluding hydrogens is 188 g/mol. The normalized spacial score (nSPS) is 37.9. The van der Waals surface area contributed by atoms with Gasteiger partial charge >= 0.3 is 0 Å². The minimum atomic E-state index is -0.141. The van der Waals surface area contributed by atoms with Crippen molar-refractivity contribution in [3.8, 4) is 0 Å². The highest BCUT2D eigenvalue weighted by atomic mass is 16.2. The van der Waals surface area contributed by atoms with Crippen LogP contribution in [-0.2, 0) is 4.79 Å². The third-order valence-corrected chi connectivity index (χ3v) is 4.49. The molecule has 3 rings (SSSR count). The summed E-state index contributed by atoms with van der Waals surface area (Å²) < 4.78 is 0. The molecule has 3 fully saturated rings. The van der Waals surface area contributed by atoms with Crippen LogP contribution in [0.1, 0.15) is 39.0 Å². The van der Waals surface area contributed by atoms with Gasteiger partial charge in [-0.3, -0.25) is 10.1 Å². The van der Waals surface area contributed by atoms with E-state index in [0.717, 1.165) is 37.9 Å². The highest BCUT2D eigenvalue weighted by Crippen LogP contribution is 2.40. The molecule has 3 nitrogen and oxygen atoms in total. The molecule has 0 aromatic heterocycles. The van der Waals surface area contributed by atoms with E-state index in [-0.39, 0.29) is 5.54 Å². The maximum Gasteiger partial charge on any atom is 0.243 e. The lowest BCUT2D eigenvalue weighted by atomic mass is 9.98. The minimum Gasteiger partial charge on any atom is -0.328 e. The number of nitrogens with one attached hydrogen (secondary N) is 1. The van der Waals surface area contributed by atoms with E-state index in [1.807, 2.05) is 0 Å². The maximum absolute atomic E-state index is 12.3. The van der Waals surface area contributed by atoms with E-state index in [2.05, 4.69) is 17.1 Å². The molecule has 0 aromatic rings. The Bertz CT molecular complexity index is 283. The number of hydrogen-bond acceptors (Lipinski definition) is 2. The predicted molar refractivity (Wildman–Crippen MR) is 58.2 cm³/mol. The standard InChI is InChI=1S/C12H20N2O/c1-9-6-10(9)7-14-8-13-12(11(14)15)4-2-3-5-12/h9-10,13H,2-8H2,1H3. The zero-order valence-corrected chi connectivity index (χ0v) is 9.46. The second-order valence-electron chi connectivity index (χ2n) is 5.62. The van der Waals surface area contributed by atoms with Crippen LogP contribution in [0.15, 0.2) is 0 Å². The van der Waals surface area contributed by atoms with Gasteiger partial charge in [0.2, 0.25) is 5.91 Å². The summed E-state index contributed by atoms with van der Waals surface area (Å²) in [4.78, 5) is 14.3. The van der Waals surface area contributed by atoms with E-state index in [9.17, 15) is 4.79 Å². The van der Waals surface area contributed by atoms with E-state index in [4.69, 9.17) is 0 Å². The first-order valence-electron chi connectivity index (χ1n) is 6.26. The highest BCUT2D eigenvalue weighted by molar-refractivity contribution is 5.88. The Balaban J connectivity index is 1.65. The summed E-state index contributed by atoms with van der Waals surface area (Å²) in [6.07, 6.45) is 5.86. The van der Waals surface area contributed by atoms with Gasteiger partial charge < -0.3 is 4.90 Å². The van der Waals surface area contributed by atoms with Crippen molar-refractivity contribution in [1.82, 2.24) is 10.2 Å². The predicted octanol–water partition coefficient (Wildman–Crippen LogP) is 1.34. The first kappa shape index (κ1) is 9.64. The van der Waals surface area contributed by atoms with Gasteiger partial charge in [0.1, 0.15) is 0 Å². The topological polar surface area (TPSA) is 32.3 Å². The molecule has 1 amide bonds. The Hall–Kier alpha value is -0.570. The SMILES string of the molecule is CC1CC1CN1CNC2(CCCC2)C1=O. The summed E-state index contributed by atoms with van der Waals surface area (Å²) in [6.45, 7) is 4.07. The van der Waals surface area contributed by atoms with Gasteiger partial charge in [0.05, 0.1) is 12.2 Å². The monoisotopic (exact) mass is 208 g/mol. The van der Waals surface area contributed by atoms with Crippen LogP contribution in [0.2, 0.25) is 0 Å². The second-order valence-corrected chi connectivity index (χ2v) is 5.62. The number of rotatable bonds is 2. The van der Waals surface area contributed by atoms with Crippen molar-refractivity contribution in [2.45, 2.75) is 44.6 Å². The van der Waals surface area contributed by atoms with Crippen molar-refractivity contribution in [2.24, 2.45) is 11.8 Å². The van der Waals surface area contributed by atoms with Crippen molar-refractivity contribution >= 4 is 5.91 Å². The molecule has 15 heavy (non-hydrogen) atoms.